The van der Waals surface area contributed by atoms with Gasteiger partial charge in [-0.15, -0.1) is 0 Å². The number of carboxylic acids is 2. The lowest BCUT2D eigenvalue weighted by Gasteiger charge is -2.16. The first-order valence-electron chi connectivity index (χ1n) is 7.84. The molecule has 1 heterocycles. The highest BCUT2D eigenvalue weighted by atomic mass is 16.5. The minimum absolute atomic E-state index is 0.453. The normalized spacial score (nSPS) is 17.9. The Bertz CT molecular complexity index is 459. The molecule has 1 aromatic rings. The van der Waals surface area contributed by atoms with Crippen LogP contribution in [0.15, 0.2) is 30.3 Å². The lowest BCUT2D eigenvalue weighted by Crippen LogP contribution is -2.33. The molecule has 2 unspecified atom stereocenters. The van der Waals surface area contributed by atoms with Crippen LogP contribution in [0.3, 0.4) is 0 Å². The summed E-state index contributed by atoms with van der Waals surface area (Å²) in [6, 6.07) is 11.3. The second-order valence-corrected chi connectivity index (χ2v) is 5.58. The van der Waals surface area contributed by atoms with Crippen LogP contribution in [0.5, 0.6) is 0 Å². The smallest absolute Gasteiger partial charge is 0.414 e. The molecule has 128 valence electrons. The molecule has 1 fully saturated rings. The van der Waals surface area contributed by atoms with Gasteiger partial charge < -0.3 is 20.3 Å². The van der Waals surface area contributed by atoms with E-state index in [0.29, 0.717) is 12.1 Å². The zero-order valence-corrected chi connectivity index (χ0v) is 13.4. The highest BCUT2D eigenvalue weighted by Crippen LogP contribution is 2.11. The average Bonchev–Trinajstić information content (AvgIpc) is 3.06. The summed E-state index contributed by atoms with van der Waals surface area (Å²) in [5, 5.41) is 18.4. The van der Waals surface area contributed by atoms with Crippen LogP contribution in [0.25, 0.3) is 0 Å². The van der Waals surface area contributed by atoms with Crippen molar-refractivity contribution in [2.45, 2.75) is 44.8 Å². The lowest BCUT2D eigenvalue weighted by molar-refractivity contribution is -0.159. The summed E-state index contributed by atoms with van der Waals surface area (Å²) in [4.78, 5) is 18.2. The third-order valence-corrected chi connectivity index (χ3v) is 3.61. The minimum Gasteiger partial charge on any atom is -0.473 e. The van der Waals surface area contributed by atoms with E-state index in [9.17, 15) is 0 Å². The van der Waals surface area contributed by atoms with E-state index < -0.39 is 11.9 Å². The van der Waals surface area contributed by atoms with Crippen molar-refractivity contribution >= 4 is 11.9 Å². The van der Waals surface area contributed by atoms with Crippen molar-refractivity contribution in [3.8, 4) is 0 Å². The van der Waals surface area contributed by atoms with Crippen LogP contribution in [0, 0.1) is 0 Å². The van der Waals surface area contributed by atoms with Gasteiger partial charge in [0.2, 0.25) is 0 Å². The molecule has 1 saturated heterocycles. The maximum Gasteiger partial charge on any atom is 0.414 e. The molecule has 2 rings (SSSR count). The summed E-state index contributed by atoms with van der Waals surface area (Å²) in [5.74, 6) is -3.65. The zero-order valence-electron chi connectivity index (χ0n) is 13.4. The van der Waals surface area contributed by atoms with Gasteiger partial charge in [0.1, 0.15) is 0 Å². The molecule has 0 aromatic heterocycles. The van der Waals surface area contributed by atoms with Gasteiger partial charge in [-0.2, -0.15) is 0 Å². The number of aliphatic carboxylic acids is 2. The summed E-state index contributed by atoms with van der Waals surface area (Å²) >= 11 is 0. The molecule has 0 saturated carbocycles. The first-order valence-corrected chi connectivity index (χ1v) is 7.84. The largest absolute Gasteiger partial charge is 0.473 e. The van der Waals surface area contributed by atoms with Crippen molar-refractivity contribution in [1.29, 1.82) is 0 Å². The van der Waals surface area contributed by atoms with Gasteiger partial charge in [-0.1, -0.05) is 30.3 Å². The monoisotopic (exact) mass is 323 g/mol. The van der Waals surface area contributed by atoms with Gasteiger partial charge in [0, 0.05) is 19.2 Å². The van der Waals surface area contributed by atoms with Crippen molar-refractivity contribution in [2.75, 3.05) is 13.2 Å². The predicted octanol–water partition coefficient (Wildman–Crippen LogP) is 1.93. The molecule has 1 aliphatic rings. The van der Waals surface area contributed by atoms with Gasteiger partial charge in [0.15, 0.2) is 0 Å². The first-order chi connectivity index (χ1) is 11.0. The summed E-state index contributed by atoms with van der Waals surface area (Å²) < 4.78 is 5.60. The van der Waals surface area contributed by atoms with Gasteiger partial charge in [0.25, 0.3) is 0 Å². The maximum absolute atomic E-state index is 9.10. The van der Waals surface area contributed by atoms with E-state index in [2.05, 4.69) is 42.6 Å². The summed E-state index contributed by atoms with van der Waals surface area (Å²) in [6.45, 7) is 4.22. The minimum atomic E-state index is -1.82. The van der Waals surface area contributed by atoms with Gasteiger partial charge in [-0.05, 0) is 38.2 Å². The van der Waals surface area contributed by atoms with Crippen LogP contribution in [-0.4, -0.2) is 47.4 Å². The Labute approximate surface area is 136 Å². The van der Waals surface area contributed by atoms with Gasteiger partial charge >= 0.3 is 11.9 Å². The summed E-state index contributed by atoms with van der Waals surface area (Å²) in [5.41, 5.74) is 1.43. The molecule has 1 aliphatic heterocycles. The highest BCUT2D eigenvalue weighted by molar-refractivity contribution is 6.27. The zero-order chi connectivity index (χ0) is 17.1. The van der Waals surface area contributed by atoms with E-state index >= 15 is 0 Å². The SMILES string of the molecule is CC(CCc1ccccc1)NCC1CCCO1.O=C(O)C(=O)O. The number of carbonyl (C=O) groups is 2. The number of carboxylic acid groups (broad SMARTS) is 2. The van der Waals surface area contributed by atoms with Crippen LogP contribution < -0.4 is 5.32 Å². The van der Waals surface area contributed by atoms with E-state index in [-0.39, 0.29) is 0 Å². The van der Waals surface area contributed by atoms with E-state index in [1.165, 1.54) is 24.8 Å². The molecule has 6 nitrogen and oxygen atoms in total. The molecule has 0 aliphatic carbocycles. The van der Waals surface area contributed by atoms with Gasteiger partial charge in [-0.25, -0.2) is 9.59 Å². The molecule has 23 heavy (non-hydrogen) atoms. The molecule has 3 N–H and O–H groups in total. The van der Waals surface area contributed by atoms with E-state index in [4.69, 9.17) is 24.5 Å². The Morgan fingerprint density at radius 3 is 2.43 bits per heavy atom. The van der Waals surface area contributed by atoms with Crippen molar-refractivity contribution in [1.82, 2.24) is 5.32 Å². The van der Waals surface area contributed by atoms with Gasteiger partial charge in [-0.3, -0.25) is 0 Å². The summed E-state index contributed by atoms with van der Waals surface area (Å²) in [7, 11) is 0. The Hall–Kier alpha value is -1.92. The highest BCUT2D eigenvalue weighted by Gasteiger charge is 2.15. The Kier molecular flexibility index (Phi) is 8.94. The fourth-order valence-electron chi connectivity index (χ4n) is 2.27. The average molecular weight is 323 g/mol. The van der Waals surface area contributed by atoms with E-state index in [0.717, 1.165) is 19.6 Å². The second-order valence-electron chi connectivity index (χ2n) is 5.58. The van der Waals surface area contributed by atoms with Crippen molar-refractivity contribution < 1.29 is 24.5 Å². The van der Waals surface area contributed by atoms with Crippen LogP contribution in [0.4, 0.5) is 0 Å². The molecule has 0 bridgehead atoms. The Morgan fingerprint density at radius 1 is 1.26 bits per heavy atom. The number of aryl methyl sites for hydroxylation is 1. The van der Waals surface area contributed by atoms with E-state index in [1.54, 1.807) is 0 Å². The molecule has 0 radical (unpaired) electrons. The van der Waals surface area contributed by atoms with Gasteiger partial charge in [0.05, 0.1) is 6.10 Å². The Balaban J connectivity index is 0.000000379. The quantitative estimate of drug-likeness (QED) is 0.692. The van der Waals surface area contributed by atoms with E-state index in [1.807, 2.05) is 0 Å². The van der Waals surface area contributed by atoms with Crippen LogP contribution >= 0.6 is 0 Å². The number of nitrogens with one attached hydrogen (secondary N) is 1. The maximum atomic E-state index is 9.10. The standard InChI is InChI=1S/C15H23NO.C2H2O4/c1-13(16-12-15-8-5-11-17-15)9-10-14-6-3-2-4-7-14;3-1(4)2(5)6/h2-4,6-7,13,15-16H,5,8-12H2,1H3;(H,3,4)(H,5,6). The fraction of sp³-hybridized carbons (Fsp3) is 0.529. The molecule has 1 aromatic carbocycles. The first kappa shape index (κ1) is 19.1. The van der Waals surface area contributed by atoms with Crippen molar-refractivity contribution in [2.24, 2.45) is 0 Å². The summed E-state index contributed by atoms with van der Waals surface area (Å²) in [6.07, 6.45) is 5.25. The van der Waals surface area contributed by atoms with Crippen molar-refractivity contribution in [3.05, 3.63) is 35.9 Å². The molecule has 0 amide bonds. The lowest BCUT2D eigenvalue weighted by atomic mass is 10.1. The topological polar surface area (TPSA) is 95.9 Å². The molecular weight excluding hydrogens is 298 g/mol. The fourth-order valence-corrected chi connectivity index (χ4v) is 2.27. The molecular formula is C17H25NO5. The van der Waals surface area contributed by atoms with Crippen LogP contribution in [-0.2, 0) is 20.7 Å². The number of hydrogen-bond donors (Lipinski definition) is 3. The number of rotatable bonds is 6. The molecule has 0 spiro atoms. The third-order valence-electron chi connectivity index (χ3n) is 3.61. The molecule has 6 heteroatoms. The number of benzene rings is 1. The van der Waals surface area contributed by atoms with Crippen LogP contribution in [0.1, 0.15) is 31.7 Å². The second kappa shape index (κ2) is 10.7. The Morgan fingerprint density at radius 2 is 1.91 bits per heavy atom. The third kappa shape index (κ3) is 8.95. The number of ether oxygens (including phenoxy) is 1. The number of hydrogen-bond acceptors (Lipinski definition) is 4. The predicted molar refractivity (Wildman–Crippen MR) is 86.5 cm³/mol. The van der Waals surface area contributed by atoms with Crippen LogP contribution in [0.2, 0.25) is 0 Å². The van der Waals surface area contributed by atoms with Crippen molar-refractivity contribution in [3.63, 3.8) is 0 Å². The molecule has 2 atom stereocenters.